The van der Waals surface area contributed by atoms with Gasteiger partial charge in [-0.05, 0) is 46.3 Å². The number of hydrogen-bond donors (Lipinski definition) is 3. The monoisotopic (exact) mass is 506 g/mol. The van der Waals surface area contributed by atoms with Crippen molar-refractivity contribution in [2.45, 2.75) is 0 Å². The predicted molar refractivity (Wildman–Crippen MR) is 111 cm³/mol. The summed E-state index contributed by atoms with van der Waals surface area (Å²) in [6.45, 7) is 0. The molecule has 0 saturated carbocycles. The van der Waals surface area contributed by atoms with E-state index in [1.54, 1.807) is 42.5 Å². The standard InChI is InChI=1S/C17H12Br2N6O3/c18-10-4-3-5-11(8-10)22-15-14(25(27)28)16(21-9-20-15)23-24-17(26)12-6-1-2-7-13(12)19/h1-9H,(H,24,26)(H2,20,21,22,23). The fourth-order valence-electron chi connectivity index (χ4n) is 2.27. The molecule has 3 aromatic rings. The molecule has 1 amide bonds. The van der Waals surface area contributed by atoms with Crippen molar-refractivity contribution >= 4 is 60.8 Å². The Morgan fingerprint density at radius 1 is 1.04 bits per heavy atom. The third-order valence-electron chi connectivity index (χ3n) is 3.51. The van der Waals surface area contributed by atoms with E-state index in [4.69, 9.17) is 0 Å². The number of hydrogen-bond acceptors (Lipinski definition) is 7. The van der Waals surface area contributed by atoms with Crippen LogP contribution in [0.3, 0.4) is 0 Å². The van der Waals surface area contributed by atoms with Crippen LogP contribution in [-0.4, -0.2) is 20.8 Å². The Labute approximate surface area is 176 Å². The van der Waals surface area contributed by atoms with Crippen molar-refractivity contribution in [1.29, 1.82) is 0 Å². The van der Waals surface area contributed by atoms with Crippen LogP contribution in [0.25, 0.3) is 0 Å². The number of amides is 1. The first-order chi connectivity index (χ1) is 13.5. The van der Waals surface area contributed by atoms with Crippen molar-refractivity contribution in [3.05, 3.63) is 79.5 Å². The van der Waals surface area contributed by atoms with Crippen LogP contribution in [0.1, 0.15) is 10.4 Å². The molecule has 0 radical (unpaired) electrons. The van der Waals surface area contributed by atoms with Gasteiger partial charge in [0.2, 0.25) is 11.6 Å². The number of rotatable bonds is 6. The van der Waals surface area contributed by atoms with Gasteiger partial charge >= 0.3 is 5.69 Å². The number of aromatic nitrogens is 2. The van der Waals surface area contributed by atoms with Crippen molar-refractivity contribution in [2.75, 3.05) is 10.7 Å². The zero-order valence-electron chi connectivity index (χ0n) is 14.0. The second-order valence-corrected chi connectivity index (χ2v) is 7.14. The number of nitrogens with one attached hydrogen (secondary N) is 3. The van der Waals surface area contributed by atoms with Gasteiger partial charge in [-0.25, -0.2) is 9.97 Å². The molecule has 1 heterocycles. The fraction of sp³-hybridized carbons (Fsp3) is 0. The second kappa shape index (κ2) is 8.76. The van der Waals surface area contributed by atoms with Crippen LogP contribution < -0.4 is 16.2 Å². The first-order valence-corrected chi connectivity index (χ1v) is 9.37. The lowest BCUT2D eigenvalue weighted by Crippen LogP contribution is -2.30. The van der Waals surface area contributed by atoms with E-state index in [-0.39, 0.29) is 11.6 Å². The number of halogens is 2. The molecule has 11 heteroatoms. The molecule has 28 heavy (non-hydrogen) atoms. The maximum absolute atomic E-state index is 12.3. The van der Waals surface area contributed by atoms with Gasteiger partial charge in [0, 0.05) is 14.6 Å². The Morgan fingerprint density at radius 3 is 2.50 bits per heavy atom. The zero-order valence-corrected chi connectivity index (χ0v) is 17.2. The topological polar surface area (TPSA) is 122 Å². The lowest BCUT2D eigenvalue weighted by Gasteiger charge is -2.11. The zero-order chi connectivity index (χ0) is 20.1. The third-order valence-corrected chi connectivity index (χ3v) is 4.69. The van der Waals surface area contributed by atoms with E-state index in [1.807, 2.05) is 6.07 Å². The summed E-state index contributed by atoms with van der Waals surface area (Å²) in [6.07, 6.45) is 1.15. The first kappa shape index (κ1) is 19.7. The Hall–Kier alpha value is -3.05. The minimum absolute atomic E-state index is 0.0178. The molecule has 9 nitrogen and oxygen atoms in total. The molecule has 0 bridgehead atoms. The van der Waals surface area contributed by atoms with Gasteiger partial charge in [-0.2, -0.15) is 0 Å². The summed E-state index contributed by atoms with van der Waals surface area (Å²) in [7, 11) is 0. The summed E-state index contributed by atoms with van der Waals surface area (Å²) in [5.74, 6) is -0.657. The number of anilines is 3. The molecule has 2 aromatic carbocycles. The highest BCUT2D eigenvalue weighted by molar-refractivity contribution is 9.10. The van der Waals surface area contributed by atoms with Gasteiger partial charge in [0.1, 0.15) is 6.33 Å². The molecule has 0 saturated heterocycles. The van der Waals surface area contributed by atoms with Gasteiger partial charge in [-0.1, -0.05) is 34.1 Å². The molecule has 0 aliphatic carbocycles. The molecule has 0 atom stereocenters. The molecule has 1 aromatic heterocycles. The first-order valence-electron chi connectivity index (χ1n) is 7.78. The van der Waals surface area contributed by atoms with Crippen LogP contribution >= 0.6 is 31.9 Å². The summed E-state index contributed by atoms with van der Waals surface area (Å²) in [6, 6.07) is 13.9. The number of benzene rings is 2. The van der Waals surface area contributed by atoms with E-state index in [2.05, 4.69) is 58.0 Å². The Morgan fingerprint density at radius 2 is 1.79 bits per heavy atom. The predicted octanol–water partition coefficient (Wildman–Crippen LogP) is 4.41. The molecule has 0 unspecified atom stereocenters. The quantitative estimate of drug-likeness (QED) is 0.333. The molecule has 0 aliphatic heterocycles. The summed E-state index contributed by atoms with van der Waals surface area (Å²) in [4.78, 5) is 31.1. The molecule has 3 N–H and O–H groups in total. The lowest BCUT2D eigenvalue weighted by molar-refractivity contribution is -0.383. The van der Waals surface area contributed by atoms with Crippen LogP contribution in [0.2, 0.25) is 0 Å². The number of nitrogens with zero attached hydrogens (tertiary/aromatic N) is 3. The number of hydrazine groups is 1. The van der Waals surface area contributed by atoms with Crippen molar-refractivity contribution in [3.8, 4) is 0 Å². The van der Waals surface area contributed by atoms with Gasteiger partial charge in [0.05, 0.1) is 10.5 Å². The SMILES string of the molecule is O=C(NNc1ncnc(Nc2cccc(Br)c2)c1[N+](=O)[O-])c1ccccc1Br. The van der Waals surface area contributed by atoms with E-state index in [1.165, 1.54) is 0 Å². The van der Waals surface area contributed by atoms with Gasteiger partial charge in [-0.15, -0.1) is 0 Å². The van der Waals surface area contributed by atoms with Crippen LogP contribution in [0.5, 0.6) is 0 Å². The van der Waals surface area contributed by atoms with Crippen LogP contribution in [0, 0.1) is 10.1 Å². The van der Waals surface area contributed by atoms with Crippen molar-refractivity contribution in [2.24, 2.45) is 0 Å². The summed E-state index contributed by atoms with van der Waals surface area (Å²) in [5, 5.41) is 14.5. The molecular weight excluding hydrogens is 496 g/mol. The molecular formula is C17H12Br2N6O3. The maximum atomic E-state index is 12.3. The summed E-state index contributed by atoms with van der Waals surface area (Å²) < 4.78 is 1.39. The third kappa shape index (κ3) is 4.61. The lowest BCUT2D eigenvalue weighted by atomic mass is 10.2. The maximum Gasteiger partial charge on any atom is 0.355 e. The summed E-state index contributed by atoms with van der Waals surface area (Å²) in [5.41, 5.74) is 5.45. The highest BCUT2D eigenvalue weighted by atomic mass is 79.9. The molecule has 0 fully saturated rings. The Kier molecular flexibility index (Phi) is 6.16. The minimum atomic E-state index is -0.632. The van der Waals surface area contributed by atoms with Crippen LogP contribution in [0.4, 0.5) is 23.0 Å². The van der Waals surface area contributed by atoms with E-state index in [0.29, 0.717) is 15.7 Å². The van der Waals surface area contributed by atoms with Crippen molar-refractivity contribution in [1.82, 2.24) is 15.4 Å². The Bertz CT molecular complexity index is 1050. The average Bonchev–Trinajstić information content (AvgIpc) is 2.66. The van der Waals surface area contributed by atoms with Crippen LogP contribution in [0.15, 0.2) is 63.8 Å². The van der Waals surface area contributed by atoms with Crippen LogP contribution in [-0.2, 0) is 0 Å². The molecule has 3 rings (SSSR count). The van der Waals surface area contributed by atoms with E-state index >= 15 is 0 Å². The van der Waals surface area contributed by atoms with E-state index in [0.717, 1.165) is 10.8 Å². The number of carbonyl (C=O) groups excluding carboxylic acids is 1. The highest BCUT2D eigenvalue weighted by Crippen LogP contribution is 2.31. The Balaban J connectivity index is 1.84. The summed E-state index contributed by atoms with van der Waals surface area (Å²) >= 11 is 6.61. The van der Waals surface area contributed by atoms with E-state index < -0.39 is 16.5 Å². The molecule has 142 valence electrons. The van der Waals surface area contributed by atoms with E-state index in [9.17, 15) is 14.9 Å². The van der Waals surface area contributed by atoms with Gasteiger partial charge in [-0.3, -0.25) is 25.8 Å². The smallest absolute Gasteiger partial charge is 0.334 e. The highest BCUT2D eigenvalue weighted by Gasteiger charge is 2.24. The largest absolute Gasteiger partial charge is 0.355 e. The molecule has 0 spiro atoms. The second-order valence-electron chi connectivity index (χ2n) is 5.37. The van der Waals surface area contributed by atoms with Gasteiger partial charge < -0.3 is 5.32 Å². The molecule has 0 aliphatic rings. The number of carbonyl (C=O) groups is 1. The number of nitro groups is 1. The van der Waals surface area contributed by atoms with Crippen molar-refractivity contribution < 1.29 is 9.72 Å². The normalized spacial score (nSPS) is 10.2. The minimum Gasteiger partial charge on any atom is -0.334 e. The average molecular weight is 508 g/mol. The van der Waals surface area contributed by atoms with Gasteiger partial charge in [0.15, 0.2) is 0 Å². The van der Waals surface area contributed by atoms with Crippen molar-refractivity contribution in [3.63, 3.8) is 0 Å². The van der Waals surface area contributed by atoms with Gasteiger partial charge in [0.25, 0.3) is 5.91 Å². The fourth-order valence-corrected chi connectivity index (χ4v) is 3.13.